The van der Waals surface area contributed by atoms with Crippen molar-refractivity contribution in [2.75, 3.05) is 26.2 Å². The molecule has 1 aromatic carbocycles. The Balaban J connectivity index is 1.98. The largest absolute Gasteiger partial charge is 0.313 e. The lowest BCUT2D eigenvalue weighted by atomic mass is 9.87. The maximum Gasteiger partial charge on any atom is 0.0201 e. The van der Waals surface area contributed by atoms with Crippen LogP contribution in [0.3, 0.4) is 0 Å². The molecule has 1 aliphatic heterocycles. The molecule has 0 aliphatic carbocycles. The third-order valence-electron chi connectivity index (χ3n) is 4.64. The lowest BCUT2D eigenvalue weighted by Gasteiger charge is -2.38. The van der Waals surface area contributed by atoms with E-state index in [1.165, 1.54) is 37.1 Å². The van der Waals surface area contributed by atoms with Crippen LogP contribution >= 0.6 is 0 Å². The van der Waals surface area contributed by atoms with Gasteiger partial charge in [0.2, 0.25) is 0 Å². The molecule has 1 N–H and O–H groups in total. The normalized spacial score (nSPS) is 23.7. The van der Waals surface area contributed by atoms with E-state index >= 15 is 0 Å². The van der Waals surface area contributed by atoms with Gasteiger partial charge in [0, 0.05) is 19.1 Å². The Labute approximate surface area is 130 Å². The average Bonchev–Trinajstić information content (AvgIpc) is 2.46. The summed E-state index contributed by atoms with van der Waals surface area (Å²) in [6.45, 7) is 13.8. The third-order valence-corrected chi connectivity index (χ3v) is 4.64. The molecule has 1 heterocycles. The van der Waals surface area contributed by atoms with Crippen LogP contribution in [0.4, 0.5) is 0 Å². The molecular weight excluding hydrogens is 256 g/mol. The summed E-state index contributed by atoms with van der Waals surface area (Å²) in [7, 11) is 0. The predicted molar refractivity (Wildman–Crippen MR) is 91.9 cm³/mol. The Morgan fingerprint density at radius 2 is 2.10 bits per heavy atom. The first kappa shape index (κ1) is 16.5. The van der Waals surface area contributed by atoms with E-state index in [0.717, 1.165) is 19.0 Å². The first-order valence-electron chi connectivity index (χ1n) is 8.60. The number of benzene rings is 1. The molecule has 2 unspecified atom stereocenters. The molecule has 0 radical (unpaired) electrons. The molecule has 2 nitrogen and oxygen atoms in total. The molecule has 0 aromatic heterocycles. The molecule has 0 spiro atoms. The molecule has 118 valence electrons. The summed E-state index contributed by atoms with van der Waals surface area (Å²) >= 11 is 0. The van der Waals surface area contributed by atoms with Crippen LogP contribution in [0.2, 0.25) is 0 Å². The standard InChI is InChI=1S/C19H32N2/c1-5-21-13-18(17-8-6-7-16(4)11-17)12-19(14-21)20-10-9-15(2)3/h6-8,11,15,18-20H,5,9-10,12-14H2,1-4H3. The van der Waals surface area contributed by atoms with E-state index in [9.17, 15) is 0 Å². The van der Waals surface area contributed by atoms with Gasteiger partial charge in [0.15, 0.2) is 0 Å². The number of nitrogens with zero attached hydrogens (tertiary/aromatic N) is 1. The van der Waals surface area contributed by atoms with Crippen LogP contribution in [-0.2, 0) is 0 Å². The van der Waals surface area contributed by atoms with Gasteiger partial charge in [-0.25, -0.2) is 0 Å². The highest BCUT2D eigenvalue weighted by Crippen LogP contribution is 2.27. The topological polar surface area (TPSA) is 15.3 Å². The first-order valence-corrected chi connectivity index (χ1v) is 8.60. The Hall–Kier alpha value is -0.860. The van der Waals surface area contributed by atoms with Gasteiger partial charge in [-0.1, -0.05) is 50.6 Å². The Morgan fingerprint density at radius 3 is 2.76 bits per heavy atom. The molecule has 0 saturated carbocycles. The molecule has 2 heteroatoms. The fourth-order valence-electron chi connectivity index (χ4n) is 3.34. The van der Waals surface area contributed by atoms with Crippen LogP contribution in [0.5, 0.6) is 0 Å². The maximum atomic E-state index is 3.79. The maximum absolute atomic E-state index is 3.79. The highest BCUT2D eigenvalue weighted by Gasteiger charge is 2.27. The van der Waals surface area contributed by atoms with Crippen molar-refractivity contribution in [2.24, 2.45) is 5.92 Å². The van der Waals surface area contributed by atoms with Crippen LogP contribution in [0.15, 0.2) is 24.3 Å². The lowest BCUT2D eigenvalue weighted by Crippen LogP contribution is -2.48. The quantitative estimate of drug-likeness (QED) is 0.856. The zero-order chi connectivity index (χ0) is 15.2. The van der Waals surface area contributed by atoms with E-state index in [2.05, 4.69) is 62.2 Å². The summed E-state index contributed by atoms with van der Waals surface area (Å²) in [6.07, 6.45) is 2.55. The smallest absolute Gasteiger partial charge is 0.0201 e. The number of hydrogen-bond donors (Lipinski definition) is 1. The molecule has 1 saturated heterocycles. The predicted octanol–water partition coefficient (Wildman–Crippen LogP) is 3.81. The minimum absolute atomic E-state index is 0.642. The Kier molecular flexibility index (Phi) is 6.25. The van der Waals surface area contributed by atoms with Crippen LogP contribution in [0.25, 0.3) is 0 Å². The minimum Gasteiger partial charge on any atom is -0.313 e. The van der Waals surface area contributed by atoms with Crippen molar-refractivity contribution in [3.8, 4) is 0 Å². The number of piperidine rings is 1. The second-order valence-corrected chi connectivity index (χ2v) is 7.03. The van der Waals surface area contributed by atoms with Crippen molar-refractivity contribution in [1.82, 2.24) is 10.2 Å². The fourth-order valence-corrected chi connectivity index (χ4v) is 3.34. The van der Waals surface area contributed by atoms with E-state index in [-0.39, 0.29) is 0 Å². The first-order chi connectivity index (χ1) is 10.1. The minimum atomic E-state index is 0.642. The van der Waals surface area contributed by atoms with Gasteiger partial charge in [-0.15, -0.1) is 0 Å². The highest BCUT2D eigenvalue weighted by molar-refractivity contribution is 5.26. The average molecular weight is 288 g/mol. The Bertz CT molecular complexity index is 427. The van der Waals surface area contributed by atoms with Gasteiger partial charge in [-0.2, -0.15) is 0 Å². The van der Waals surface area contributed by atoms with Gasteiger partial charge in [0.05, 0.1) is 0 Å². The SMILES string of the molecule is CCN1CC(NCCC(C)C)CC(c2cccc(C)c2)C1. The summed E-state index contributed by atoms with van der Waals surface area (Å²) in [5.74, 6) is 1.46. The van der Waals surface area contributed by atoms with Gasteiger partial charge in [-0.3, -0.25) is 0 Å². The molecule has 21 heavy (non-hydrogen) atoms. The number of likely N-dealkylation sites (N-methyl/N-ethyl adjacent to an activating group) is 1. The monoisotopic (exact) mass is 288 g/mol. The molecule has 1 aromatic rings. The second kappa shape index (κ2) is 7.95. The van der Waals surface area contributed by atoms with Crippen LogP contribution in [0, 0.1) is 12.8 Å². The molecule has 2 atom stereocenters. The van der Waals surface area contributed by atoms with Crippen LogP contribution in [0.1, 0.15) is 50.7 Å². The molecular formula is C19H32N2. The van der Waals surface area contributed by atoms with E-state index in [1.54, 1.807) is 0 Å². The van der Waals surface area contributed by atoms with Crippen molar-refractivity contribution in [3.63, 3.8) is 0 Å². The van der Waals surface area contributed by atoms with E-state index in [1.807, 2.05) is 0 Å². The van der Waals surface area contributed by atoms with Crippen LogP contribution in [-0.4, -0.2) is 37.1 Å². The van der Waals surface area contributed by atoms with Gasteiger partial charge in [0.1, 0.15) is 0 Å². The number of rotatable bonds is 6. The third kappa shape index (κ3) is 5.12. The Morgan fingerprint density at radius 1 is 1.29 bits per heavy atom. The number of aryl methyl sites for hydroxylation is 1. The summed E-state index contributed by atoms with van der Waals surface area (Å²) in [5.41, 5.74) is 2.90. The van der Waals surface area contributed by atoms with Crippen molar-refractivity contribution in [3.05, 3.63) is 35.4 Å². The van der Waals surface area contributed by atoms with Gasteiger partial charge in [-0.05, 0) is 50.3 Å². The van der Waals surface area contributed by atoms with E-state index in [0.29, 0.717) is 12.0 Å². The lowest BCUT2D eigenvalue weighted by molar-refractivity contribution is 0.178. The summed E-state index contributed by atoms with van der Waals surface area (Å²) < 4.78 is 0. The zero-order valence-electron chi connectivity index (χ0n) is 14.2. The molecule has 2 rings (SSSR count). The molecule has 0 bridgehead atoms. The summed E-state index contributed by atoms with van der Waals surface area (Å²) in [6, 6.07) is 9.72. The molecule has 0 amide bonds. The van der Waals surface area contributed by atoms with Crippen molar-refractivity contribution >= 4 is 0 Å². The van der Waals surface area contributed by atoms with Gasteiger partial charge in [0.25, 0.3) is 0 Å². The number of hydrogen-bond acceptors (Lipinski definition) is 2. The molecule has 1 aliphatic rings. The van der Waals surface area contributed by atoms with Gasteiger partial charge < -0.3 is 10.2 Å². The number of likely N-dealkylation sites (tertiary alicyclic amines) is 1. The van der Waals surface area contributed by atoms with E-state index in [4.69, 9.17) is 0 Å². The highest BCUT2D eigenvalue weighted by atomic mass is 15.2. The van der Waals surface area contributed by atoms with E-state index < -0.39 is 0 Å². The van der Waals surface area contributed by atoms with Crippen molar-refractivity contribution in [1.29, 1.82) is 0 Å². The zero-order valence-corrected chi connectivity index (χ0v) is 14.2. The summed E-state index contributed by atoms with van der Waals surface area (Å²) in [4.78, 5) is 2.60. The van der Waals surface area contributed by atoms with Crippen molar-refractivity contribution < 1.29 is 0 Å². The summed E-state index contributed by atoms with van der Waals surface area (Å²) in [5, 5.41) is 3.79. The molecule has 1 fully saturated rings. The van der Waals surface area contributed by atoms with Crippen molar-refractivity contribution in [2.45, 2.75) is 52.5 Å². The van der Waals surface area contributed by atoms with Crippen LogP contribution < -0.4 is 5.32 Å². The fraction of sp³-hybridized carbons (Fsp3) is 0.684. The number of nitrogens with one attached hydrogen (secondary N) is 1. The van der Waals surface area contributed by atoms with Gasteiger partial charge >= 0.3 is 0 Å². The second-order valence-electron chi connectivity index (χ2n) is 7.03.